The maximum atomic E-state index is 12.8. The van der Waals surface area contributed by atoms with E-state index >= 15 is 0 Å². The van der Waals surface area contributed by atoms with Gasteiger partial charge in [-0.25, -0.2) is 0 Å². The van der Waals surface area contributed by atoms with Gasteiger partial charge in [0.15, 0.2) is 0 Å². The molecular formula is C23H21N5O4. The summed E-state index contributed by atoms with van der Waals surface area (Å²) in [5.74, 6) is -0.875. The van der Waals surface area contributed by atoms with E-state index in [1.54, 1.807) is 12.1 Å². The van der Waals surface area contributed by atoms with E-state index in [1.165, 1.54) is 23.4 Å². The molecule has 0 saturated heterocycles. The van der Waals surface area contributed by atoms with E-state index in [1.807, 2.05) is 12.1 Å². The van der Waals surface area contributed by atoms with Gasteiger partial charge in [0.05, 0.1) is 34.1 Å². The third kappa shape index (κ3) is 3.37. The zero-order valence-electron chi connectivity index (χ0n) is 17.1. The number of aromatic amines is 3. The molecule has 1 aliphatic rings. The highest BCUT2D eigenvalue weighted by Crippen LogP contribution is 2.30. The highest BCUT2D eigenvalue weighted by Gasteiger charge is 2.20. The minimum absolute atomic E-state index is 0.0812. The third-order valence-corrected chi connectivity index (χ3v) is 5.89. The molecule has 0 unspecified atom stereocenters. The monoisotopic (exact) mass is 431 g/mol. The highest BCUT2D eigenvalue weighted by atomic mass is 16.2. The van der Waals surface area contributed by atoms with Crippen molar-refractivity contribution in [3.8, 4) is 0 Å². The number of aromatic nitrogens is 3. The van der Waals surface area contributed by atoms with Crippen molar-refractivity contribution < 1.29 is 9.59 Å². The molecule has 0 bridgehead atoms. The number of hydrogen-bond acceptors (Lipinski definition) is 4. The summed E-state index contributed by atoms with van der Waals surface area (Å²) in [6.07, 6.45) is 4.24. The predicted octanol–water partition coefficient (Wildman–Crippen LogP) is 1.94. The number of benzene rings is 2. The third-order valence-electron chi connectivity index (χ3n) is 5.89. The number of H-pyrrole nitrogens is 3. The van der Waals surface area contributed by atoms with Crippen LogP contribution in [0.15, 0.2) is 46.0 Å². The highest BCUT2D eigenvalue weighted by molar-refractivity contribution is 6.09. The molecule has 9 heteroatoms. The van der Waals surface area contributed by atoms with Crippen LogP contribution in [-0.2, 0) is 17.6 Å². The van der Waals surface area contributed by atoms with Gasteiger partial charge in [0, 0.05) is 11.1 Å². The van der Waals surface area contributed by atoms with Crippen molar-refractivity contribution in [2.24, 2.45) is 0 Å². The Morgan fingerprint density at radius 1 is 0.906 bits per heavy atom. The molecule has 2 amide bonds. The number of para-hydroxylation sites is 1. The van der Waals surface area contributed by atoms with Crippen LogP contribution < -0.4 is 21.8 Å². The van der Waals surface area contributed by atoms with E-state index in [0.717, 1.165) is 36.6 Å². The lowest BCUT2D eigenvalue weighted by Gasteiger charge is -2.10. The average Bonchev–Trinajstić information content (AvgIpc) is 3.19. The van der Waals surface area contributed by atoms with Crippen molar-refractivity contribution in [2.45, 2.75) is 25.7 Å². The van der Waals surface area contributed by atoms with Crippen molar-refractivity contribution in [1.29, 1.82) is 0 Å². The molecule has 0 fully saturated rings. The molecule has 5 N–H and O–H groups in total. The number of rotatable bonds is 4. The quantitative estimate of drug-likeness (QED) is 0.337. The van der Waals surface area contributed by atoms with E-state index in [9.17, 15) is 19.2 Å². The maximum Gasteiger partial charge on any atom is 0.272 e. The summed E-state index contributed by atoms with van der Waals surface area (Å²) in [4.78, 5) is 52.8. The van der Waals surface area contributed by atoms with Gasteiger partial charge in [-0.05, 0) is 49.4 Å². The Hall–Kier alpha value is -4.14. The second-order valence-electron chi connectivity index (χ2n) is 7.88. The van der Waals surface area contributed by atoms with Gasteiger partial charge in [0.25, 0.3) is 17.0 Å². The minimum Gasteiger partial charge on any atom is -0.358 e. The van der Waals surface area contributed by atoms with Gasteiger partial charge in [0.1, 0.15) is 0 Å². The first-order valence-corrected chi connectivity index (χ1v) is 10.5. The molecule has 0 spiro atoms. The maximum absolute atomic E-state index is 12.8. The van der Waals surface area contributed by atoms with E-state index in [2.05, 4.69) is 25.8 Å². The Bertz CT molecular complexity index is 1490. The van der Waals surface area contributed by atoms with Gasteiger partial charge in [0.2, 0.25) is 5.91 Å². The molecule has 162 valence electrons. The lowest BCUT2D eigenvalue weighted by molar-refractivity contribution is -0.115. The molecule has 2 heterocycles. The van der Waals surface area contributed by atoms with Gasteiger partial charge >= 0.3 is 0 Å². The van der Waals surface area contributed by atoms with Gasteiger partial charge in [-0.1, -0.05) is 18.2 Å². The fraction of sp³-hybridized carbons (Fsp3) is 0.217. The number of carbonyl (C=O) groups is 2. The molecule has 0 saturated carbocycles. The fourth-order valence-electron chi connectivity index (χ4n) is 4.40. The largest absolute Gasteiger partial charge is 0.358 e. The van der Waals surface area contributed by atoms with Crippen LogP contribution in [0, 0.1) is 0 Å². The van der Waals surface area contributed by atoms with Gasteiger partial charge in [-0.15, -0.1) is 0 Å². The Morgan fingerprint density at radius 2 is 1.66 bits per heavy atom. The van der Waals surface area contributed by atoms with Crippen LogP contribution >= 0.6 is 0 Å². The number of anilines is 1. The zero-order chi connectivity index (χ0) is 22.2. The van der Waals surface area contributed by atoms with Crippen LogP contribution in [0.3, 0.4) is 0 Å². The fourth-order valence-corrected chi connectivity index (χ4v) is 4.40. The number of hydrogen-bond donors (Lipinski definition) is 5. The number of nitrogens with one attached hydrogen (secondary N) is 5. The summed E-state index contributed by atoms with van der Waals surface area (Å²) >= 11 is 0. The van der Waals surface area contributed by atoms with Crippen molar-refractivity contribution in [1.82, 2.24) is 20.5 Å². The Kier molecular flexibility index (Phi) is 4.85. The molecule has 0 aliphatic heterocycles. The van der Waals surface area contributed by atoms with Crippen molar-refractivity contribution in [3.05, 3.63) is 73.9 Å². The second kappa shape index (κ2) is 7.84. The topological polar surface area (TPSA) is 140 Å². The Balaban J connectivity index is 1.34. The molecule has 4 aromatic rings. The smallest absolute Gasteiger partial charge is 0.272 e. The van der Waals surface area contributed by atoms with Crippen LogP contribution in [0.1, 0.15) is 34.5 Å². The standard InChI is InChI=1S/C23H21N5O4/c29-18(25-17-10-4-7-14-19(17)23(32)28-27-22(14)31)11-24-21(30)15-8-3-6-13-12-5-1-2-9-16(12)26-20(13)15/h3-4,6-8,10,26H,1-2,5,9,11H2,(H,24,30)(H,25,29)(H,27,31)(H,28,32). The Morgan fingerprint density at radius 3 is 2.53 bits per heavy atom. The second-order valence-corrected chi connectivity index (χ2v) is 7.88. The first kappa shape index (κ1) is 19.8. The van der Waals surface area contributed by atoms with Gasteiger partial charge in [-0.3, -0.25) is 29.4 Å². The first-order chi connectivity index (χ1) is 15.5. The molecule has 2 aromatic heterocycles. The van der Waals surface area contributed by atoms with E-state index in [0.29, 0.717) is 5.56 Å². The average molecular weight is 431 g/mol. The zero-order valence-corrected chi connectivity index (χ0v) is 17.1. The lowest BCUT2D eigenvalue weighted by Crippen LogP contribution is -2.33. The molecule has 0 radical (unpaired) electrons. The Labute approximate surface area is 181 Å². The molecular weight excluding hydrogens is 410 g/mol. The van der Waals surface area contributed by atoms with Crippen LogP contribution in [0.5, 0.6) is 0 Å². The predicted molar refractivity (Wildman–Crippen MR) is 121 cm³/mol. The summed E-state index contributed by atoms with van der Waals surface area (Å²) in [6.45, 7) is -0.285. The molecule has 9 nitrogen and oxygen atoms in total. The summed E-state index contributed by atoms with van der Waals surface area (Å²) in [5, 5.41) is 11.0. The van der Waals surface area contributed by atoms with Gasteiger partial charge < -0.3 is 15.6 Å². The van der Waals surface area contributed by atoms with Gasteiger partial charge in [-0.2, -0.15) is 0 Å². The van der Waals surface area contributed by atoms with Crippen molar-refractivity contribution in [3.63, 3.8) is 0 Å². The molecule has 0 atom stereocenters. The normalized spacial score (nSPS) is 13.1. The lowest BCUT2D eigenvalue weighted by atomic mass is 9.95. The van der Waals surface area contributed by atoms with Crippen LogP contribution in [0.25, 0.3) is 21.7 Å². The van der Waals surface area contributed by atoms with E-state index in [4.69, 9.17) is 0 Å². The summed E-state index contributed by atoms with van der Waals surface area (Å²) in [6, 6.07) is 10.2. The first-order valence-electron chi connectivity index (χ1n) is 10.5. The van der Waals surface area contributed by atoms with Crippen LogP contribution in [-0.4, -0.2) is 33.5 Å². The SMILES string of the molecule is O=C(CNC(=O)c1cccc2c3c([nH]c12)CCCC3)Nc1cccc2c(=O)[nH][nH]c(=O)c12. The van der Waals surface area contributed by atoms with Crippen molar-refractivity contribution in [2.75, 3.05) is 11.9 Å². The summed E-state index contributed by atoms with van der Waals surface area (Å²) in [7, 11) is 0. The number of amides is 2. The van der Waals surface area contributed by atoms with E-state index in [-0.39, 0.29) is 28.9 Å². The molecule has 2 aromatic carbocycles. The minimum atomic E-state index is -0.526. The number of carbonyl (C=O) groups excluding carboxylic acids is 2. The van der Waals surface area contributed by atoms with Crippen LogP contribution in [0.2, 0.25) is 0 Å². The molecule has 32 heavy (non-hydrogen) atoms. The molecule has 1 aliphatic carbocycles. The summed E-state index contributed by atoms with van der Waals surface area (Å²) < 4.78 is 0. The summed E-state index contributed by atoms with van der Waals surface area (Å²) in [5.41, 5.74) is 2.94. The number of aryl methyl sites for hydroxylation is 2. The number of fused-ring (bicyclic) bond motifs is 4. The molecule has 5 rings (SSSR count). The van der Waals surface area contributed by atoms with Crippen molar-refractivity contribution >= 4 is 39.2 Å². The van der Waals surface area contributed by atoms with E-state index < -0.39 is 17.0 Å². The van der Waals surface area contributed by atoms with Crippen LogP contribution in [0.4, 0.5) is 5.69 Å².